The summed E-state index contributed by atoms with van der Waals surface area (Å²) >= 11 is 3.22. The zero-order valence-corrected chi connectivity index (χ0v) is 10.4. The molecule has 0 bridgehead atoms. The number of carbonyl (C=O) groups excluding carboxylic acids is 1. The first-order valence-corrected chi connectivity index (χ1v) is 5.82. The van der Waals surface area contributed by atoms with Crippen molar-refractivity contribution in [1.82, 2.24) is 10.3 Å². The highest BCUT2D eigenvalue weighted by Gasteiger charge is 2.35. The van der Waals surface area contributed by atoms with Gasteiger partial charge < -0.3 is 20.1 Å². The number of aromatic nitrogens is 1. The lowest BCUT2D eigenvalue weighted by Gasteiger charge is -2.14. The molecule has 6 nitrogen and oxygen atoms in total. The van der Waals surface area contributed by atoms with Crippen LogP contribution in [0.3, 0.4) is 0 Å². The fraction of sp³-hybridized carbons (Fsp3) is 0.400. The Morgan fingerprint density at radius 3 is 2.88 bits per heavy atom. The van der Waals surface area contributed by atoms with Crippen LogP contribution in [-0.2, 0) is 9.53 Å². The van der Waals surface area contributed by atoms with Gasteiger partial charge >= 0.3 is 5.97 Å². The van der Waals surface area contributed by atoms with E-state index in [9.17, 15) is 9.59 Å². The second-order valence-electron chi connectivity index (χ2n) is 3.79. The third kappa shape index (κ3) is 2.67. The number of ether oxygens (including phenoxy) is 1. The van der Waals surface area contributed by atoms with E-state index in [0.717, 1.165) is 4.47 Å². The number of carbonyl (C=O) groups is 2. The number of carboxylic acids is 1. The van der Waals surface area contributed by atoms with Gasteiger partial charge in [0.15, 0.2) is 0 Å². The molecule has 1 aliphatic heterocycles. The molecule has 0 saturated carbocycles. The van der Waals surface area contributed by atoms with Crippen LogP contribution in [0.1, 0.15) is 10.5 Å². The number of amides is 1. The molecular weight excluding hydrogens is 292 g/mol. The van der Waals surface area contributed by atoms with Crippen molar-refractivity contribution in [3.05, 3.63) is 22.4 Å². The van der Waals surface area contributed by atoms with Crippen molar-refractivity contribution in [2.75, 3.05) is 13.2 Å². The van der Waals surface area contributed by atoms with Crippen LogP contribution in [-0.4, -0.2) is 41.2 Å². The molecule has 1 aromatic heterocycles. The van der Waals surface area contributed by atoms with Gasteiger partial charge in [0, 0.05) is 10.7 Å². The normalized spacial score (nSPS) is 23.6. The lowest BCUT2D eigenvalue weighted by Crippen LogP contribution is -2.42. The average Bonchev–Trinajstić information content (AvgIpc) is 2.86. The zero-order chi connectivity index (χ0) is 12.4. The van der Waals surface area contributed by atoms with Gasteiger partial charge in [-0.2, -0.15) is 0 Å². The van der Waals surface area contributed by atoms with Crippen LogP contribution in [0, 0.1) is 5.92 Å². The summed E-state index contributed by atoms with van der Waals surface area (Å²) in [5.74, 6) is -1.98. The van der Waals surface area contributed by atoms with Crippen molar-refractivity contribution < 1.29 is 19.4 Å². The molecule has 1 aromatic rings. The summed E-state index contributed by atoms with van der Waals surface area (Å²) in [4.78, 5) is 25.4. The van der Waals surface area contributed by atoms with E-state index in [0.29, 0.717) is 5.69 Å². The van der Waals surface area contributed by atoms with E-state index >= 15 is 0 Å². The Morgan fingerprint density at radius 2 is 2.29 bits per heavy atom. The zero-order valence-electron chi connectivity index (χ0n) is 8.77. The van der Waals surface area contributed by atoms with Gasteiger partial charge in [0.2, 0.25) is 0 Å². The Balaban J connectivity index is 2.01. The summed E-state index contributed by atoms with van der Waals surface area (Å²) < 4.78 is 5.82. The molecule has 92 valence electrons. The summed E-state index contributed by atoms with van der Waals surface area (Å²) in [7, 11) is 0. The van der Waals surface area contributed by atoms with Gasteiger partial charge in [0.25, 0.3) is 5.91 Å². The SMILES string of the molecule is O=C(NC1COCC1C(=O)O)c1cc(Br)c[nH]1. The number of halogens is 1. The monoisotopic (exact) mass is 302 g/mol. The molecule has 2 unspecified atom stereocenters. The Kier molecular flexibility index (Phi) is 3.49. The maximum absolute atomic E-state index is 11.8. The summed E-state index contributed by atoms with van der Waals surface area (Å²) in [5.41, 5.74) is 0.382. The second kappa shape index (κ2) is 4.89. The molecule has 1 fully saturated rings. The quantitative estimate of drug-likeness (QED) is 0.763. The van der Waals surface area contributed by atoms with Crippen LogP contribution in [0.25, 0.3) is 0 Å². The molecule has 1 saturated heterocycles. The molecule has 2 atom stereocenters. The van der Waals surface area contributed by atoms with Gasteiger partial charge in [0.05, 0.1) is 19.3 Å². The Labute approximate surface area is 105 Å². The molecule has 0 spiro atoms. The average molecular weight is 303 g/mol. The number of hydrogen-bond acceptors (Lipinski definition) is 3. The number of rotatable bonds is 3. The van der Waals surface area contributed by atoms with E-state index in [1.54, 1.807) is 12.3 Å². The number of aliphatic carboxylic acids is 1. The van der Waals surface area contributed by atoms with Gasteiger partial charge in [0.1, 0.15) is 11.6 Å². The first kappa shape index (κ1) is 12.1. The highest BCUT2D eigenvalue weighted by atomic mass is 79.9. The van der Waals surface area contributed by atoms with Gasteiger partial charge in [-0.05, 0) is 22.0 Å². The minimum atomic E-state index is -0.958. The molecule has 2 heterocycles. The molecule has 0 radical (unpaired) electrons. The number of nitrogens with one attached hydrogen (secondary N) is 2. The fourth-order valence-electron chi connectivity index (χ4n) is 1.69. The van der Waals surface area contributed by atoms with E-state index in [1.807, 2.05) is 0 Å². The molecule has 3 N–H and O–H groups in total. The minimum Gasteiger partial charge on any atom is -0.481 e. The van der Waals surface area contributed by atoms with E-state index < -0.39 is 17.9 Å². The highest BCUT2D eigenvalue weighted by Crippen LogP contribution is 2.15. The Morgan fingerprint density at radius 1 is 1.53 bits per heavy atom. The topological polar surface area (TPSA) is 91.4 Å². The smallest absolute Gasteiger partial charge is 0.311 e. The maximum atomic E-state index is 11.8. The van der Waals surface area contributed by atoms with Crippen LogP contribution in [0.4, 0.5) is 0 Å². The Bertz CT molecular complexity index is 445. The third-order valence-corrected chi connectivity index (χ3v) is 3.06. The first-order chi connectivity index (χ1) is 8.08. The van der Waals surface area contributed by atoms with Gasteiger partial charge in [-0.3, -0.25) is 9.59 Å². The van der Waals surface area contributed by atoms with Gasteiger partial charge in [-0.25, -0.2) is 0 Å². The number of aromatic amines is 1. The summed E-state index contributed by atoms with van der Waals surface area (Å²) in [6.07, 6.45) is 1.63. The lowest BCUT2D eigenvalue weighted by atomic mass is 10.0. The highest BCUT2D eigenvalue weighted by molar-refractivity contribution is 9.10. The molecule has 17 heavy (non-hydrogen) atoms. The molecule has 0 aliphatic carbocycles. The Hall–Kier alpha value is -1.34. The third-order valence-electron chi connectivity index (χ3n) is 2.61. The van der Waals surface area contributed by atoms with Crippen molar-refractivity contribution in [1.29, 1.82) is 0 Å². The standard InChI is InChI=1S/C10H11BrN2O4/c11-5-1-7(12-2-5)9(14)13-8-4-17-3-6(8)10(15)16/h1-2,6,8,12H,3-4H2,(H,13,14)(H,15,16). The van der Waals surface area contributed by atoms with E-state index in [2.05, 4.69) is 26.2 Å². The number of H-pyrrole nitrogens is 1. The maximum Gasteiger partial charge on any atom is 0.311 e. The molecule has 0 aromatic carbocycles. The summed E-state index contributed by atoms with van der Waals surface area (Å²) in [6.45, 7) is 0.360. The largest absolute Gasteiger partial charge is 0.481 e. The van der Waals surface area contributed by atoms with Gasteiger partial charge in [-0.15, -0.1) is 0 Å². The summed E-state index contributed by atoms with van der Waals surface area (Å²) in [6, 6.07) is 1.14. The van der Waals surface area contributed by atoms with Crippen molar-refractivity contribution >= 4 is 27.8 Å². The number of carboxylic acid groups (broad SMARTS) is 1. The predicted octanol–water partition coefficient (Wildman–Crippen LogP) is 0.607. The van der Waals surface area contributed by atoms with E-state index in [-0.39, 0.29) is 19.1 Å². The molecule has 2 rings (SSSR count). The van der Waals surface area contributed by atoms with E-state index in [4.69, 9.17) is 9.84 Å². The summed E-state index contributed by atoms with van der Waals surface area (Å²) in [5, 5.41) is 11.6. The van der Waals surface area contributed by atoms with Crippen molar-refractivity contribution in [3.63, 3.8) is 0 Å². The van der Waals surface area contributed by atoms with Crippen molar-refractivity contribution in [2.24, 2.45) is 5.92 Å². The molecule has 7 heteroatoms. The van der Waals surface area contributed by atoms with Crippen molar-refractivity contribution in [2.45, 2.75) is 6.04 Å². The van der Waals surface area contributed by atoms with Crippen molar-refractivity contribution in [3.8, 4) is 0 Å². The lowest BCUT2D eigenvalue weighted by molar-refractivity contribution is -0.142. The van der Waals surface area contributed by atoms with Crippen LogP contribution < -0.4 is 5.32 Å². The fourth-order valence-corrected chi connectivity index (χ4v) is 2.03. The van der Waals surface area contributed by atoms with Crippen LogP contribution in [0.2, 0.25) is 0 Å². The second-order valence-corrected chi connectivity index (χ2v) is 4.71. The van der Waals surface area contributed by atoms with Crippen LogP contribution >= 0.6 is 15.9 Å². The van der Waals surface area contributed by atoms with Crippen LogP contribution in [0.5, 0.6) is 0 Å². The molecular formula is C10H11BrN2O4. The number of hydrogen-bond donors (Lipinski definition) is 3. The minimum absolute atomic E-state index is 0.134. The predicted molar refractivity (Wildman–Crippen MR) is 61.7 cm³/mol. The molecule has 1 aliphatic rings. The first-order valence-electron chi connectivity index (χ1n) is 5.03. The van der Waals surface area contributed by atoms with Crippen LogP contribution in [0.15, 0.2) is 16.7 Å². The van der Waals surface area contributed by atoms with E-state index in [1.165, 1.54) is 0 Å². The molecule has 1 amide bonds. The van der Waals surface area contributed by atoms with Gasteiger partial charge in [-0.1, -0.05) is 0 Å².